The molecule has 0 aliphatic heterocycles. The van der Waals surface area contributed by atoms with E-state index in [1.54, 1.807) is 42.6 Å². The van der Waals surface area contributed by atoms with Crippen LogP contribution in [0.4, 0.5) is 5.69 Å². The van der Waals surface area contributed by atoms with Crippen LogP contribution in [0.25, 0.3) is 0 Å². The Bertz CT molecular complexity index is 1530. The van der Waals surface area contributed by atoms with Crippen LogP contribution in [-0.2, 0) is 16.6 Å². The number of para-hydroxylation sites is 1. The fourth-order valence-corrected chi connectivity index (χ4v) is 5.47. The van der Waals surface area contributed by atoms with Crippen LogP contribution in [0.15, 0.2) is 113 Å². The molecule has 39 heavy (non-hydrogen) atoms. The van der Waals surface area contributed by atoms with E-state index in [0.29, 0.717) is 11.7 Å². The topological polar surface area (TPSA) is 88.1 Å². The van der Waals surface area contributed by atoms with Gasteiger partial charge in [-0.25, -0.2) is 13.8 Å². The lowest BCUT2D eigenvalue weighted by molar-refractivity contribution is 0.0955. The number of nitrogens with one attached hydrogen (secondary N) is 1. The SMILES string of the molecule is COc1ccc(S(=O)(=O)N(Cc2ccccc2)c2ccccc2C(=O)N/N=C\c2ccc(C(C)C)cc2)cc1. The molecule has 0 saturated carbocycles. The van der Waals surface area contributed by atoms with Crippen molar-refractivity contribution >= 4 is 27.8 Å². The number of carbonyl (C=O) groups is 1. The molecule has 0 aliphatic carbocycles. The van der Waals surface area contributed by atoms with E-state index < -0.39 is 15.9 Å². The molecule has 7 nitrogen and oxygen atoms in total. The van der Waals surface area contributed by atoms with Crippen molar-refractivity contribution < 1.29 is 17.9 Å². The number of amides is 1. The van der Waals surface area contributed by atoms with Gasteiger partial charge in [0.1, 0.15) is 5.75 Å². The molecule has 0 unspecified atom stereocenters. The third kappa shape index (κ3) is 6.72. The number of ether oxygens (including phenoxy) is 1. The number of benzene rings is 4. The normalized spacial score (nSPS) is 11.5. The Morgan fingerprint density at radius 3 is 2.18 bits per heavy atom. The number of methoxy groups -OCH3 is 1. The molecular weight excluding hydrogens is 510 g/mol. The van der Waals surface area contributed by atoms with Crippen LogP contribution >= 0.6 is 0 Å². The first-order chi connectivity index (χ1) is 18.8. The number of hydrogen-bond donors (Lipinski definition) is 1. The van der Waals surface area contributed by atoms with Gasteiger partial charge < -0.3 is 4.74 Å². The fourth-order valence-electron chi connectivity index (χ4n) is 4.00. The fraction of sp³-hybridized carbons (Fsp3) is 0.161. The minimum atomic E-state index is -4.05. The van der Waals surface area contributed by atoms with Gasteiger partial charge in [0, 0.05) is 0 Å². The van der Waals surface area contributed by atoms with Crippen LogP contribution in [0.2, 0.25) is 0 Å². The highest BCUT2D eigenvalue weighted by atomic mass is 32.2. The Morgan fingerprint density at radius 2 is 1.54 bits per heavy atom. The van der Waals surface area contributed by atoms with E-state index in [1.165, 1.54) is 29.1 Å². The summed E-state index contributed by atoms with van der Waals surface area (Å²) >= 11 is 0. The standard InChI is InChI=1S/C31H31N3O4S/c1-23(2)26-15-13-24(14-16-26)21-32-33-31(35)29-11-7-8-12-30(29)34(22-25-9-5-4-6-10-25)39(36,37)28-19-17-27(38-3)18-20-28/h4-21,23H,22H2,1-3H3,(H,33,35)/b32-21-. The predicted molar refractivity (Wildman–Crippen MR) is 155 cm³/mol. The zero-order chi connectivity index (χ0) is 27.8. The van der Waals surface area contributed by atoms with E-state index >= 15 is 0 Å². The third-order valence-corrected chi connectivity index (χ3v) is 7.99. The van der Waals surface area contributed by atoms with Crippen molar-refractivity contribution in [3.8, 4) is 5.75 Å². The van der Waals surface area contributed by atoms with Crippen molar-refractivity contribution in [3.63, 3.8) is 0 Å². The predicted octanol–water partition coefficient (Wildman–Crippen LogP) is 5.98. The molecule has 0 spiro atoms. The summed E-state index contributed by atoms with van der Waals surface area (Å²) in [6.45, 7) is 4.28. The Hall–Kier alpha value is -4.43. The Morgan fingerprint density at radius 1 is 0.897 bits per heavy atom. The van der Waals surface area contributed by atoms with Gasteiger partial charge in [0.25, 0.3) is 15.9 Å². The van der Waals surface area contributed by atoms with Gasteiger partial charge >= 0.3 is 0 Å². The molecule has 4 rings (SSSR count). The Labute approximate surface area is 229 Å². The lowest BCUT2D eigenvalue weighted by atomic mass is 10.0. The maximum atomic E-state index is 13.9. The second kappa shape index (κ2) is 12.4. The van der Waals surface area contributed by atoms with Crippen LogP contribution in [0.5, 0.6) is 5.75 Å². The van der Waals surface area contributed by atoms with Crippen LogP contribution in [0.1, 0.15) is 46.8 Å². The summed E-state index contributed by atoms with van der Waals surface area (Å²) in [7, 11) is -2.53. The van der Waals surface area contributed by atoms with Crippen molar-refractivity contribution in [1.82, 2.24) is 5.43 Å². The lowest BCUT2D eigenvalue weighted by Crippen LogP contribution is -2.33. The minimum Gasteiger partial charge on any atom is -0.497 e. The van der Waals surface area contributed by atoms with Gasteiger partial charge in [-0.05, 0) is 59.0 Å². The molecule has 0 atom stereocenters. The second-order valence-corrected chi connectivity index (χ2v) is 11.1. The van der Waals surface area contributed by atoms with E-state index in [1.807, 2.05) is 54.6 Å². The van der Waals surface area contributed by atoms with Gasteiger partial charge in [0.2, 0.25) is 0 Å². The van der Waals surface area contributed by atoms with Crippen molar-refractivity contribution in [3.05, 3.63) is 125 Å². The number of sulfonamides is 1. The molecule has 8 heteroatoms. The monoisotopic (exact) mass is 541 g/mol. The van der Waals surface area contributed by atoms with Crippen molar-refractivity contribution in [2.75, 3.05) is 11.4 Å². The van der Waals surface area contributed by atoms with Crippen LogP contribution in [0.3, 0.4) is 0 Å². The number of anilines is 1. The minimum absolute atomic E-state index is 0.0327. The molecule has 0 bridgehead atoms. The number of rotatable bonds is 10. The maximum absolute atomic E-state index is 13.9. The summed E-state index contributed by atoms with van der Waals surface area (Å²) in [5, 5.41) is 4.11. The summed E-state index contributed by atoms with van der Waals surface area (Å²) in [5.41, 5.74) is 5.78. The molecule has 0 saturated heterocycles. The number of hydrogen-bond acceptors (Lipinski definition) is 5. The number of hydrazone groups is 1. The summed E-state index contributed by atoms with van der Waals surface area (Å²) in [5.74, 6) is 0.434. The van der Waals surface area contributed by atoms with E-state index in [0.717, 1.165) is 11.1 Å². The third-order valence-electron chi connectivity index (χ3n) is 6.22. The second-order valence-electron chi connectivity index (χ2n) is 9.21. The highest BCUT2D eigenvalue weighted by Crippen LogP contribution is 2.30. The summed E-state index contributed by atoms with van der Waals surface area (Å²) < 4.78 is 34.2. The molecule has 0 heterocycles. The van der Waals surface area contributed by atoms with Crippen molar-refractivity contribution in [2.45, 2.75) is 31.2 Å². The summed E-state index contributed by atoms with van der Waals surface area (Å²) in [6.07, 6.45) is 1.56. The van der Waals surface area contributed by atoms with Gasteiger partial charge in [0.15, 0.2) is 0 Å². The molecule has 200 valence electrons. The zero-order valence-corrected chi connectivity index (χ0v) is 22.9. The molecule has 4 aromatic carbocycles. The van der Waals surface area contributed by atoms with Crippen LogP contribution < -0.4 is 14.5 Å². The highest BCUT2D eigenvalue weighted by Gasteiger charge is 2.28. The molecule has 1 amide bonds. The number of carbonyl (C=O) groups excluding carboxylic acids is 1. The lowest BCUT2D eigenvalue weighted by Gasteiger charge is -2.26. The first-order valence-electron chi connectivity index (χ1n) is 12.5. The average molecular weight is 542 g/mol. The Balaban J connectivity index is 1.66. The molecule has 0 aliphatic rings. The van der Waals surface area contributed by atoms with Crippen molar-refractivity contribution in [1.29, 1.82) is 0 Å². The van der Waals surface area contributed by atoms with Gasteiger partial charge in [-0.2, -0.15) is 5.10 Å². The molecule has 0 fully saturated rings. The smallest absolute Gasteiger partial charge is 0.273 e. The molecule has 1 N–H and O–H groups in total. The highest BCUT2D eigenvalue weighted by molar-refractivity contribution is 7.92. The first-order valence-corrected chi connectivity index (χ1v) is 14.0. The first kappa shape index (κ1) is 27.6. The average Bonchev–Trinajstić information content (AvgIpc) is 2.96. The van der Waals surface area contributed by atoms with Crippen molar-refractivity contribution in [2.24, 2.45) is 5.10 Å². The maximum Gasteiger partial charge on any atom is 0.273 e. The summed E-state index contributed by atoms with van der Waals surface area (Å²) in [4.78, 5) is 13.3. The quantitative estimate of drug-likeness (QED) is 0.198. The van der Waals surface area contributed by atoms with Crippen LogP contribution in [0, 0.1) is 0 Å². The van der Waals surface area contributed by atoms with Gasteiger partial charge in [-0.15, -0.1) is 0 Å². The summed E-state index contributed by atoms with van der Waals surface area (Å²) in [6, 6.07) is 29.9. The zero-order valence-electron chi connectivity index (χ0n) is 22.1. The van der Waals surface area contributed by atoms with E-state index in [-0.39, 0.29) is 22.7 Å². The molecule has 0 radical (unpaired) electrons. The largest absolute Gasteiger partial charge is 0.497 e. The Kier molecular flexibility index (Phi) is 8.78. The van der Waals surface area contributed by atoms with Gasteiger partial charge in [-0.3, -0.25) is 9.10 Å². The van der Waals surface area contributed by atoms with Gasteiger partial charge in [-0.1, -0.05) is 80.6 Å². The molecule has 0 aromatic heterocycles. The molecule has 4 aromatic rings. The molecular formula is C31H31N3O4S. The number of nitrogens with zero attached hydrogens (tertiary/aromatic N) is 2. The van der Waals surface area contributed by atoms with Crippen LogP contribution in [-0.4, -0.2) is 27.6 Å². The van der Waals surface area contributed by atoms with E-state index in [2.05, 4.69) is 24.4 Å². The van der Waals surface area contributed by atoms with E-state index in [9.17, 15) is 13.2 Å². The van der Waals surface area contributed by atoms with Gasteiger partial charge in [0.05, 0.1) is 36.0 Å². The van der Waals surface area contributed by atoms with E-state index in [4.69, 9.17) is 4.74 Å².